The zero-order valence-electron chi connectivity index (χ0n) is 13.6. The van der Waals surface area contributed by atoms with Crippen molar-refractivity contribution in [1.29, 1.82) is 0 Å². The van der Waals surface area contributed by atoms with Crippen LogP contribution in [0.5, 0.6) is 0 Å². The molecule has 0 bridgehead atoms. The minimum absolute atomic E-state index is 0.186. The number of allylic oxidation sites excluding steroid dienone is 1. The second-order valence-electron chi connectivity index (χ2n) is 6.87. The van der Waals surface area contributed by atoms with Gasteiger partial charge in [-0.2, -0.15) is 0 Å². The third-order valence-corrected chi connectivity index (χ3v) is 4.70. The van der Waals surface area contributed by atoms with Crippen LogP contribution in [0.15, 0.2) is 12.2 Å². The average molecular weight is 268 g/mol. The molecule has 0 saturated heterocycles. The van der Waals surface area contributed by atoms with Crippen molar-refractivity contribution in [2.45, 2.75) is 53.9 Å². The molecular formula is C17H32O2. The molecule has 2 nitrogen and oxygen atoms in total. The first-order chi connectivity index (χ1) is 8.87. The van der Waals surface area contributed by atoms with Gasteiger partial charge in [-0.3, -0.25) is 0 Å². The quantitative estimate of drug-likeness (QED) is 0.635. The number of hydrogen-bond donors (Lipinski definition) is 0. The average Bonchev–Trinajstić information content (AvgIpc) is 2.36. The minimum atomic E-state index is 0.186. The van der Waals surface area contributed by atoms with Crippen LogP contribution in [-0.2, 0) is 9.47 Å². The SMILES string of the molecule is C=C(C)C1CC(COCC)(COCC)CCC1(C)C. The zero-order chi connectivity index (χ0) is 14.5. The second-order valence-corrected chi connectivity index (χ2v) is 6.87. The van der Waals surface area contributed by atoms with E-state index in [-0.39, 0.29) is 5.41 Å². The summed E-state index contributed by atoms with van der Waals surface area (Å²) in [5, 5.41) is 0. The van der Waals surface area contributed by atoms with Gasteiger partial charge in [0.2, 0.25) is 0 Å². The fourth-order valence-electron chi connectivity index (χ4n) is 3.36. The Labute approximate surface area is 119 Å². The highest BCUT2D eigenvalue weighted by molar-refractivity contribution is 5.08. The molecule has 112 valence electrons. The summed E-state index contributed by atoms with van der Waals surface area (Å²) in [6, 6.07) is 0. The first-order valence-corrected chi connectivity index (χ1v) is 7.68. The lowest BCUT2D eigenvalue weighted by molar-refractivity contribution is -0.0689. The molecule has 1 aliphatic rings. The van der Waals surface area contributed by atoms with Crippen molar-refractivity contribution < 1.29 is 9.47 Å². The van der Waals surface area contributed by atoms with E-state index >= 15 is 0 Å². The van der Waals surface area contributed by atoms with Crippen LogP contribution in [0.3, 0.4) is 0 Å². The van der Waals surface area contributed by atoms with Gasteiger partial charge < -0.3 is 9.47 Å². The van der Waals surface area contributed by atoms with E-state index in [1.165, 1.54) is 18.4 Å². The molecule has 0 radical (unpaired) electrons. The molecule has 1 fully saturated rings. The van der Waals surface area contributed by atoms with Crippen molar-refractivity contribution in [2.24, 2.45) is 16.7 Å². The van der Waals surface area contributed by atoms with E-state index in [0.29, 0.717) is 11.3 Å². The predicted octanol–water partition coefficient (Wildman–Crippen LogP) is 4.45. The highest BCUT2D eigenvalue weighted by Gasteiger charge is 2.45. The summed E-state index contributed by atoms with van der Waals surface area (Å²) in [4.78, 5) is 0. The van der Waals surface area contributed by atoms with Gasteiger partial charge in [-0.15, -0.1) is 0 Å². The van der Waals surface area contributed by atoms with Gasteiger partial charge in [-0.25, -0.2) is 0 Å². The Morgan fingerprint density at radius 2 is 1.63 bits per heavy atom. The van der Waals surface area contributed by atoms with Gasteiger partial charge in [0.15, 0.2) is 0 Å². The number of ether oxygens (including phenoxy) is 2. The largest absolute Gasteiger partial charge is 0.381 e. The van der Waals surface area contributed by atoms with E-state index in [1.54, 1.807) is 0 Å². The van der Waals surface area contributed by atoms with Gasteiger partial charge in [0.1, 0.15) is 0 Å². The highest BCUT2D eigenvalue weighted by Crippen LogP contribution is 2.51. The molecule has 0 aromatic heterocycles. The molecule has 0 amide bonds. The summed E-state index contributed by atoms with van der Waals surface area (Å²) in [5.41, 5.74) is 1.85. The van der Waals surface area contributed by atoms with Crippen LogP contribution in [0.2, 0.25) is 0 Å². The van der Waals surface area contributed by atoms with Gasteiger partial charge >= 0.3 is 0 Å². The molecule has 0 aromatic rings. The Bertz CT molecular complexity index is 286. The molecule has 2 heteroatoms. The van der Waals surface area contributed by atoms with Gasteiger partial charge in [0.05, 0.1) is 13.2 Å². The Hall–Kier alpha value is -0.340. The maximum absolute atomic E-state index is 5.76. The van der Waals surface area contributed by atoms with Gasteiger partial charge in [-0.1, -0.05) is 26.0 Å². The first-order valence-electron chi connectivity index (χ1n) is 7.68. The van der Waals surface area contributed by atoms with E-state index in [0.717, 1.165) is 32.8 Å². The maximum atomic E-state index is 5.76. The van der Waals surface area contributed by atoms with Gasteiger partial charge in [-0.05, 0) is 51.4 Å². The van der Waals surface area contributed by atoms with Crippen molar-refractivity contribution in [2.75, 3.05) is 26.4 Å². The Kier molecular flexibility index (Phi) is 6.07. The fourth-order valence-corrected chi connectivity index (χ4v) is 3.36. The van der Waals surface area contributed by atoms with Crippen LogP contribution in [-0.4, -0.2) is 26.4 Å². The molecule has 1 saturated carbocycles. The molecule has 0 heterocycles. The van der Waals surface area contributed by atoms with Crippen LogP contribution >= 0.6 is 0 Å². The number of rotatable bonds is 7. The van der Waals surface area contributed by atoms with Gasteiger partial charge in [0, 0.05) is 18.6 Å². The fraction of sp³-hybridized carbons (Fsp3) is 0.882. The molecule has 0 aliphatic heterocycles. The monoisotopic (exact) mass is 268 g/mol. The molecule has 0 N–H and O–H groups in total. The molecule has 19 heavy (non-hydrogen) atoms. The summed E-state index contributed by atoms with van der Waals surface area (Å²) in [6.07, 6.45) is 3.57. The third kappa shape index (κ3) is 4.32. The van der Waals surface area contributed by atoms with E-state index < -0.39 is 0 Å². The predicted molar refractivity (Wildman–Crippen MR) is 81.4 cm³/mol. The lowest BCUT2D eigenvalue weighted by atomic mass is 9.58. The molecule has 0 spiro atoms. The van der Waals surface area contributed by atoms with Gasteiger partial charge in [0.25, 0.3) is 0 Å². The molecule has 1 unspecified atom stereocenters. The lowest BCUT2D eigenvalue weighted by Crippen LogP contribution is -2.44. The summed E-state index contributed by atoms with van der Waals surface area (Å²) in [6.45, 7) is 18.5. The van der Waals surface area contributed by atoms with Crippen LogP contribution in [0.25, 0.3) is 0 Å². The third-order valence-electron chi connectivity index (χ3n) is 4.70. The standard InChI is InChI=1S/C17H32O2/c1-7-18-12-17(13-19-8-2)10-9-16(5,6)15(11-17)14(3)4/h15H,3,7-13H2,1-2,4-6H3. The highest BCUT2D eigenvalue weighted by atomic mass is 16.5. The van der Waals surface area contributed by atoms with Crippen molar-refractivity contribution >= 4 is 0 Å². The smallest absolute Gasteiger partial charge is 0.0544 e. The molecule has 1 aliphatic carbocycles. The topological polar surface area (TPSA) is 18.5 Å². The van der Waals surface area contributed by atoms with Crippen LogP contribution in [0, 0.1) is 16.7 Å². The summed E-state index contributed by atoms with van der Waals surface area (Å²) >= 11 is 0. The van der Waals surface area contributed by atoms with Crippen molar-refractivity contribution in [1.82, 2.24) is 0 Å². The molecule has 0 aromatic carbocycles. The zero-order valence-corrected chi connectivity index (χ0v) is 13.6. The summed E-state index contributed by atoms with van der Waals surface area (Å²) in [7, 11) is 0. The molecular weight excluding hydrogens is 236 g/mol. The maximum Gasteiger partial charge on any atom is 0.0544 e. The normalized spacial score (nSPS) is 25.2. The molecule has 1 atom stereocenters. The minimum Gasteiger partial charge on any atom is -0.381 e. The Morgan fingerprint density at radius 1 is 1.11 bits per heavy atom. The van der Waals surface area contributed by atoms with E-state index in [1.807, 2.05) is 0 Å². The Morgan fingerprint density at radius 3 is 2.05 bits per heavy atom. The van der Waals surface area contributed by atoms with Crippen molar-refractivity contribution in [3.63, 3.8) is 0 Å². The number of hydrogen-bond acceptors (Lipinski definition) is 2. The second kappa shape index (κ2) is 6.90. The van der Waals surface area contributed by atoms with E-state index in [2.05, 4.69) is 41.2 Å². The summed E-state index contributed by atoms with van der Waals surface area (Å²) in [5.74, 6) is 0.571. The molecule has 1 rings (SSSR count). The van der Waals surface area contributed by atoms with Crippen LogP contribution in [0.4, 0.5) is 0 Å². The van der Waals surface area contributed by atoms with Crippen molar-refractivity contribution in [3.05, 3.63) is 12.2 Å². The van der Waals surface area contributed by atoms with E-state index in [4.69, 9.17) is 9.47 Å². The van der Waals surface area contributed by atoms with E-state index in [9.17, 15) is 0 Å². The summed E-state index contributed by atoms with van der Waals surface area (Å²) < 4.78 is 11.5. The Balaban J connectivity index is 2.83. The lowest BCUT2D eigenvalue weighted by Gasteiger charge is -2.49. The van der Waals surface area contributed by atoms with Crippen LogP contribution in [0.1, 0.15) is 53.9 Å². The van der Waals surface area contributed by atoms with Crippen molar-refractivity contribution in [3.8, 4) is 0 Å². The van der Waals surface area contributed by atoms with Crippen LogP contribution < -0.4 is 0 Å². The first kappa shape index (κ1) is 16.7.